The minimum atomic E-state index is 0.0523. The summed E-state index contributed by atoms with van der Waals surface area (Å²) in [5, 5.41) is 3.03. The maximum absolute atomic E-state index is 12.5. The van der Waals surface area contributed by atoms with Gasteiger partial charge < -0.3 is 5.32 Å². The van der Waals surface area contributed by atoms with Crippen molar-refractivity contribution in [2.75, 3.05) is 5.32 Å². The summed E-state index contributed by atoms with van der Waals surface area (Å²) >= 11 is 0. The third kappa shape index (κ3) is 2.93. The zero-order valence-electron chi connectivity index (χ0n) is 13.8. The molecule has 5 rings (SSSR count). The molecule has 1 aromatic rings. The second-order valence-electron chi connectivity index (χ2n) is 8.28. The Balaban J connectivity index is 1.41. The molecule has 0 radical (unpaired) electrons. The number of nitrogens with one attached hydrogen (secondary N) is 1. The third-order valence-corrected chi connectivity index (χ3v) is 6.28. The highest BCUT2D eigenvalue weighted by Gasteiger charge is 2.51. The summed E-state index contributed by atoms with van der Waals surface area (Å²) in [6.45, 7) is 1.56. The lowest BCUT2D eigenvalue weighted by molar-refractivity contribution is -0.124. The lowest BCUT2D eigenvalue weighted by atomic mass is 9.49. The molecule has 4 aliphatic rings. The summed E-state index contributed by atoms with van der Waals surface area (Å²) < 4.78 is 0. The summed E-state index contributed by atoms with van der Waals surface area (Å²) in [6.07, 6.45) is 8.68. The van der Waals surface area contributed by atoms with E-state index in [0.717, 1.165) is 23.4 Å². The van der Waals surface area contributed by atoms with Crippen molar-refractivity contribution in [3.63, 3.8) is 0 Å². The van der Waals surface area contributed by atoms with Crippen LogP contribution in [0.4, 0.5) is 5.69 Å². The van der Waals surface area contributed by atoms with E-state index in [4.69, 9.17) is 0 Å². The quantitative estimate of drug-likeness (QED) is 0.836. The van der Waals surface area contributed by atoms with Crippen LogP contribution in [0, 0.1) is 23.2 Å². The number of carbonyl (C=O) groups is 2. The molecular formula is C20H25NO2. The van der Waals surface area contributed by atoms with E-state index in [1.807, 2.05) is 12.1 Å². The zero-order chi connectivity index (χ0) is 16.0. The summed E-state index contributed by atoms with van der Waals surface area (Å²) in [5.41, 5.74) is 1.76. The molecule has 4 bridgehead atoms. The predicted molar refractivity (Wildman–Crippen MR) is 90.3 cm³/mol. The van der Waals surface area contributed by atoms with Gasteiger partial charge in [0.25, 0.3) is 0 Å². The number of hydrogen-bond acceptors (Lipinski definition) is 2. The zero-order valence-corrected chi connectivity index (χ0v) is 13.8. The van der Waals surface area contributed by atoms with Gasteiger partial charge in [-0.25, -0.2) is 0 Å². The van der Waals surface area contributed by atoms with Gasteiger partial charge >= 0.3 is 0 Å². The highest BCUT2D eigenvalue weighted by atomic mass is 16.1. The van der Waals surface area contributed by atoms with Gasteiger partial charge in [-0.15, -0.1) is 0 Å². The van der Waals surface area contributed by atoms with Gasteiger partial charge in [0.05, 0.1) is 0 Å². The number of anilines is 1. The first-order chi connectivity index (χ1) is 11.0. The Morgan fingerprint density at radius 2 is 1.52 bits per heavy atom. The van der Waals surface area contributed by atoms with Gasteiger partial charge in [0.2, 0.25) is 5.91 Å². The maximum Gasteiger partial charge on any atom is 0.224 e. The molecule has 0 aliphatic heterocycles. The molecule has 4 fully saturated rings. The monoisotopic (exact) mass is 311 g/mol. The average molecular weight is 311 g/mol. The van der Waals surface area contributed by atoms with E-state index in [-0.39, 0.29) is 17.1 Å². The molecule has 0 spiro atoms. The van der Waals surface area contributed by atoms with Crippen LogP contribution >= 0.6 is 0 Å². The molecule has 122 valence electrons. The van der Waals surface area contributed by atoms with Crippen LogP contribution in [0.15, 0.2) is 24.3 Å². The van der Waals surface area contributed by atoms with Crippen molar-refractivity contribution in [1.82, 2.24) is 0 Å². The van der Waals surface area contributed by atoms with Gasteiger partial charge in [-0.1, -0.05) is 0 Å². The molecule has 23 heavy (non-hydrogen) atoms. The topological polar surface area (TPSA) is 46.2 Å². The van der Waals surface area contributed by atoms with Crippen LogP contribution in [0.25, 0.3) is 0 Å². The number of rotatable bonds is 4. The molecule has 0 unspecified atom stereocenters. The molecule has 1 aromatic carbocycles. The molecule has 3 heteroatoms. The Labute approximate surface area is 137 Å². The van der Waals surface area contributed by atoms with E-state index in [0.29, 0.717) is 12.0 Å². The number of Topliss-reactive ketones (excluding diaryl/α,β-unsaturated/α-hetero) is 1. The van der Waals surface area contributed by atoms with E-state index >= 15 is 0 Å². The van der Waals surface area contributed by atoms with Crippen LogP contribution in [-0.4, -0.2) is 11.7 Å². The highest BCUT2D eigenvalue weighted by Crippen LogP contribution is 2.61. The van der Waals surface area contributed by atoms with Gasteiger partial charge in [-0.3, -0.25) is 9.59 Å². The van der Waals surface area contributed by atoms with Crippen LogP contribution in [0.2, 0.25) is 0 Å². The van der Waals surface area contributed by atoms with Gasteiger partial charge in [-0.05, 0) is 92.9 Å². The van der Waals surface area contributed by atoms with E-state index < -0.39 is 0 Å². The van der Waals surface area contributed by atoms with Crippen LogP contribution in [-0.2, 0) is 4.79 Å². The standard InChI is InChI=1S/C20H25NO2/c1-13(22)17-2-4-18(5-3-17)21-19(23)12-20-9-14-6-15(10-20)8-16(7-14)11-20/h2-5,14-16H,6-12H2,1H3,(H,21,23). The lowest BCUT2D eigenvalue weighted by Crippen LogP contribution is -2.47. The Morgan fingerprint density at radius 3 is 2.00 bits per heavy atom. The molecule has 3 nitrogen and oxygen atoms in total. The molecule has 0 aromatic heterocycles. The Hall–Kier alpha value is -1.64. The Kier molecular flexibility index (Phi) is 3.55. The van der Waals surface area contributed by atoms with E-state index in [9.17, 15) is 9.59 Å². The number of amides is 1. The van der Waals surface area contributed by atoms with Gasteiger partial charge in [0, 0.05) is 17.7 Å². The highest BCUT2D eigenvalue weighted by molar-refractivity contribution is 5.95. The van der Waals surface area contributed by atoms with Crippen molar-refractivity contribution in [3.8, 4) is 0 Å². The van der Waals surface area contributed by atoms with Crippen molar-refractivity contribution in [2.45, 2.75) is 51.9 Å². The van der Waals surface area contributed by atoms with Crippen LogP contribution < -0.4 is 5.32 Å². The minimum Gasteiger partial charge on any atom is -0.326 e. The van der Waals surface area contributed by atoms with E-state index in [1.54, 1.807) is 19.1 Å². The summed E-state index contributed by atoms with van der Waals surface area (Å²) in [7, 11) is 0. The Bertz CT molecular complexity index is 596. The van der Waals surface area contributed by atoms with Gasteiger partial charge in [-0.2, -0.15) is 0 Å². The van der Waals surface area contributed by atoms with Crippen molar-refractivity contribution in [1.29, 1.82) is 0 Å². The van der Waals surface area contributed by atoms with Crippen LogP contribution in [0.3, 0.4) is 0 Å². The number of benzene rings is 1. The first-order valence-electron chi connectivity index (χ1n) is 8.92. The first kappa shape index (κ1) is 14.9. The second kappa shape index (κ2) is 5.47. The fourth-order valence-electron chi connectivity index (χ4n) is 5.84. The van der Waals surface area contributed by atoms with Crippen LogP contribution in [0.1, 0.15) is 62.2 Å². The second-order valence-corrected chi connectivity index (χ2v) is 8.28. The van der Waals surface area contributed by atoms with Gasteiger partial charge in [0.15, 0.2) is 5.78 Å². The molecule has 1 amide bonds. The maximum atomic E-state index is 12.5. The SMILES string of the molecule is CC(=O)c1ccc(NC(=O)CC23CC4CC(CC(C4)C2)C3)cc1. The van der Waals surface area contributed by atoms with Crippen LogP contribution in [0.5, 0.6) is 0 Å². The fourth-order valence-corrected chi connectivity index (χ4v) is 5.84. The smallest absolute Gasteiger partial charge is 0.224 e. The summed E-state index contributed by atoms with van der Waals surface area (Å²) in [5.74, 6) is 2.83. The lowest BCUT2D eigenvalue weighted by Gasteiger charge is -2.56. The van der Waals surface area contributed by atoms with E-state index in [1.165, 1.54) is 38.5 Å². The Morgan fingerprint density at radius 1 is 1.00 bits per heavy atom. The average Bonchev–Trinajstić information content (AvgIpc) is 2.45. The van der Waals surface area contributed by atoms with Crippen molar-refractivity contribution in [3.05, 3.63) is 29.8 Å². The first-order valence-corrected chi connectivity index (χ1v) is 8.92. The fraction of sp³-hybridized carbons (Fsp3) is 0.600. The molecule has 4 saturated carbocycles. The minimum absolute atomic E-state index is 0.0523. The normalized spacial score (nSPS) is 34.4. The molecule has 0 saturated heterocycles. The predicted octanol–water partition coefficient (Wildman–Crippen LogP) is 4.43. The molecule has 0 heterocycles. The number of carbonyl (C=O) groups excluding carboxylic acids is 2. The summed E-state index contributed by atoms with van der Waals surface area (Å²) in [6, 6.07) is 7.22. The third-order valence-electron chi connectivity index (χ3n) is 6.28. The van der Waals surface area contributed by atoms with Crippen molar-refractivity contribution in [2.24, 2.45) is 23.2 Å². The molecular weight excluding hydrogens is 286 g/mol. The van der Waals surface area contributed by atoms with Gasteiger partial charge in [0.1, 0.15) is 0 Å². The van der Waals surface area contributed by atoms with Crippen molar-refractivity contribution < 1.29 is 9.59 Å². The molecule has 1 N–H and O–H groups in total. The number of ketones is 1. The largest absolute Gasteiger partial charge is 0.326 e. The number of hydrogen-bond donors (Lipinski definition) is 1. The molecule has 4 aliphatic carbocycles. The van der Waals surface area contributed by atoms with Crippen molar-refractivity contribution >= 4 is 17.4 Å². The van der Waals surface area contributed by atoms with E-state index in [2.05, 4.69) is 5.32 Å². The molecule has 0 atom stereocenters. The summed E-state index contributed by atoms with van der Waals surface area (Å²) in [4.78, 5) is 23.8.